The summed E-state index contributed by atoms with van der Waals surface area (Å²) in [7, 11) is -4.66. The molecule has 0 bridgehead atoms. The number of rotatable bonds is 7. The van der Waals surface area contributed by atoms with Crippen molar-refractivity contribution in [2.24, 2.45) is 0 Å². The smallest absolute Gasteiger partial charge is 0.267 e. The van der Waals surface area contributed by atoms with E-state index >= 15 is 0 Å². The first-order chi connectivity index (χ1) is 15.5. The molecule has 3 aromatic carbocycles. The lowest BCUT2D eigenvalue weighted by Gasteiger charge is -2.16. The number of halogens is 5. The van der Waals surface area contributed by atoms with E-state index in [2.05, 4.69) is 26.0 Å². The summed E-state index contributed by atoms with van der Waals surface area (Å²) >= 11 is 15.2. The Bertz CT molecular complexity index is 1300. The Kier molecular flexibility index (Phi) is 8.00. The molecule has 1 unspecified atom stereocenters. The van der Waals surface area contributed by atoms with E-state index in [0.29, 0.717) is 14.5 Å². The number of amides is 1. The third-order valence-electron chi connectivity index (χ3n) is 4.74. The zero-order valence-electron chi connectivity index (χ0n) is 17.0. The van der Waals surface area contributed by atoms with Crippen LogP contribution in [0.15, 0.2) is 64.0 Å². The lowest BCUT2D eigenvalue weighted by atomic mass is 10.0. The number of hydrogen-bond acceptors (Lipinski definition) is 3. The Labute approximate surface area is 208 Å². The van der Waals surface area contributed by atoms with E-state index in [0.717, 1.165) is 23.8 Å². The zero-order chi connectivity index (χ0) is 24.3. The molecule has 3 aromatic rings. The van der Waals surface area contributed by atoms with Crippen molar-refractivity contribution in [3.8, 4) is 0 Å². The molecular weight excluding hydrogens is 561 g/mol. The monoisotopic (exact) mass is 576 g/mol. The van der Waals surface area contributed by atoms with Crippen LogP contribution in [0.4, 0.5) is 14.5 Å². The number of anilines is 1. The summed E-state index contributed by atoms with van der Waals surface area (Å²) in [6, 6.07) is 12.1. The van der Waals surface area contributed by atoms with Gasteiger partial charge in [-0.1, -0.05) is 58.2 Å². The molecule has 2 N–H and O–H groups in total. The Morgan fingerprint density at radius 1 is 1.03 bits per heavy atom. The molecule has 0 aromatic heterocycles. The molecule has 0 saturated heterocycles. The molecule has 174 valence electrons. The molecule has 11 heteroatoms. The van der Waals surface area contributed by atoms with E-state index in [1.54, 1.807) is 24.3 Å². The minimum absolute atomic E-state index is 0.0279. The maximum Gasteiger partial charge on any atom is 0.267 e. The van der Waals surface area contributed by atoms with Crippen molar-refractivity contribution in [1.82, 2.24) is 5.32 Å². The maximum absolute atomic E-state index is 14.0. The summed E-state index contributed by atoms with van der Waals surface area (Å²) in [6.07, 6.45) is 0. The van der Waals surface area contributed by atoms with Gasteiger partial charge in [0.1, 0.15) is 11.6 Å². The van der Waals surface area contributed by atoms with Gasteiger partial charge in [-0.25, -0.2) is 17.2 Å². The second kappa shape index (κ2) is 10.4. The molecule has 0 aliphatic heterocycles. The highest BCUT2D eigenvalue weighted by molar-refractivity contribution is 9.10. The second-order valence-electron chi connectivity index (χ2n) is 7.13. The standard InChI is InChI=1S/C22H17BrCl2F2N2O3S/c1-12(13-5-8-16(24)17(25)9-13)11-28-22(30)15-7-6-14(23)10-20(15)29-33(31,32)21-18(26)3-2-4-19(21)27/h2-10,12,29H,11H2,1H3,(H,28,30). The van der Waals surface area contributed by atoms with Crippen molar-refractivity contribution in [1.29, 1.82) is 0 Å². The fourth-order valence-electron chi connectivity index (χ4n) is 3.01. The summed E-state index contributed by atoms with van der Waals surface area (Å²) in [4.78, 5) is 11.7. The highest BCUT2D eigenvalue weighted by atomic mass is 79.9. The first-order valence-corrected chi connectivity index (χ1v) is 12.5. The molecular formula is C22H17BrCl2F2N2O3S. The molecule has 0 spiro atoms. The van der Waals surface area contributed by atoms with Crippen LogP contribution in [0.1, 0.15) is 28.8 Å². The van der Waals surface area contributed by atoms with Crippen LogP contribution in [-0.4, -0.2) is 20.9 Å². The van der Waals surface area contributed by atoms with Crippen molar-refractivity contribution < 1.29 is 22.0 Å². The van der Waals surface area contributed by atoms with Gasteiger partial charge in [-0.3, -0.25) is 9.52 Å². The number of carbonyl (C=O) groups excluding carboxylic acids is 1. The van der Waals surface area contributed by atoms with E-state index in [4.69, 9.17) is 23.2 Å². The van der Waals surface area contributed by atoms with Crippen LogP contribution < -0.4 is 10.0 Å². The Morgan fingerprint density at radius 3 is 2.33 bits per heavy atom. The first kappa shape index (κ1) is 25.4. The summed E-state index contributed by atoms with van der Waals surface area (Å²) in [6.45, 7) is 2.08. The first-order valence-electron chi connectivity index (χ1n) is 9.49. The van der Waals surface area contributed by atoms with Crippen molar-refractivity contribution in [3.05, 3.63) is 91.9 Å². The van der Waals surface area contributed by atoms with Crippen LogP contribution in [0.5, 0.6) is 0 Å². The average Bonchev–Trinajstić information content (AvgIpc) is 2.73. The predicted octanol–water partition coefficient (Wildman–Crippen LogP) is 6.37. The molecule has 1 atom stereocenters. The fraction of sp³-hybridized carbons (Fsp3) is 0.136. The summed E-state index contributed by atoms with van der Waals surface area (Å²) in [5.74, 6) is -3.22. The Hall–Kier alpha value is -2.20. The summed E-state index contributed by atoms with van der Waals surface area (Å²) < 4.78 is 56.0. The van der Waals surface area contributed by atoms with Crippen molar-refractivity contribution in [2.45, 2.75) is 17.7 Å². The molecule has 0 aliphatic rings. The van der Waals surface area contributed by atoms with Gasteiger partial charge >= 0.3 is 0 Å². The highest BCUT2D eigenvalue weighted by Crippen LogP contribution is 2.28. The molecule has 0 heterocycles. The predicted molar refractivity (Wildman–Crippen MR) is 129 cm³/mol. The van der Waals surface area contributed by atoms with Gasteiger partial charge in [0.25, 0.3) is 15.9 Å². The SMILES string of the molecule is CC(CNC(=O)c1ccc(Br)cc1NS(=O)(=O)c1c(F)cccc1F)c1ccc(Cl)c(Cl)c1. The second-order valence-corrected chi connectivity index (χ2v) is 10.5. The van der Waals surface area contributed by atoms with E-state index in [1.165, 1.54) is 12.1 Å². The third kappa shape index (κ3) is 6.03. The van der Waals surface area contributed by atoms with Gasteiger partial charge in [-0.05, 0) is 53.9 Å². The fourth-order valence-corrected chi connectivity index (χ4v) is 4.89. The van der Waals surface area contributed by atoms with Crippen LogP contribution in [0.25, 0.3) is 0 Å². The van der Waals surface area contributed by atoms with E-state index in [-0.39, 0.29) is 23.7 Å². The number of hydrogen-bond donors (Lipinski definition) is 2. The normalized spacial score (nSPS) is 12.3. The Balaban J connectivity index is 1.83. The quantitative estimate of drug-likeness (QED) is 0.343. The summed E-state index contributed by atoms with van der Waals surface area (Å²) in [5, 5.41) is 3.52. The zero-order valence-corrected chi connectivity index (χ0v) is 20.9. The van der Waals surface area contributed by atoms with Gasteiger partial charge in [0.2, 0.25) is 0 Å². The Morgan fingerprint density at radius 2 is 1.70 bits per heavy atom. The van der Waals surface area contributed by atoms with Gasteiger partial charge in [-0.2, -0.15) is 0 Å². The number of sulfonamides is 1. The van der Waals surface area contributed by atoms with Gasteiger partial charge < -0.3 is 5.32 Å². The highest BCUT2D eigenvalue weighted by Gasteiger charge is 2.26. The van der Waals surface area contributed by atoms with Crippen LogP contribution >= 0.6 is 39.1 Å². The van der Waals surface area contributed by atoms with Gasteiger partial charge in [0.15, 0.2) is 4.90 Å². The molecule has 5 nitrogen and oxygen atoms in total. The molecule has 0 aliphatic carbocycles. The molecule has 33 heavy (non-hydrogen) atoms. The number of nitrogens with one attached hydrogen (secondary N) is 2. The van der Waals surface area contributed by atoms with Gasteiger partial charge in [-0.15, -0.1) is 0 Å². The van der Waals surface area contributed by atoms with Gasteiger partial charge in [0, 0.05) is 11.0 Å². The summed E-state index contributed by atoms with van der Waals surface area (Å²) in [5.41, 5.74) is 0.669. The van der Waals surface area contributed by atoms with Crippen LogP contribution in [0.3, 0.4) is 0 Å². The average molecular weight is 578 g/mol. The van der Waals surface area contributed by atoms with Crippen LogP contribution in [0, 0.1) is 11.6 Å². The lowest BCUT2D eigenvalue weighted by molar-refractivity contribution is 0.0952. The topological polar surface area (TPSA) is 75.3 Å². The van der Waals surface area contributed by atoms with E-state index < -0.39 is 32.5 Å². The maximum atomic E-state index is 14.0. The molecule has 0 fully saturated rings. The largest absolute Gasteiger partial charge is 0.351 e. The molecule has 1 amide bonds. The minimum atomic E-state index is -4.66. The molecule has 3 rings (SSSR count). The van der Waals surface area contributed by atoms with Crippen molar-refractivity contribution >= 4 is 60.7 Å². The number of carbonyl (C=O) groups is 1. The minimum Gasteiger partial charge on any atom is -0.351 e. The van der Waals surface area contributed by atoms with Crippen molar-refractivity contribution in [3.63, 3.8) is 0 Å². The van der Waals surface area contributed by atoms with Crippen molar-refractivity contribution in [2.75, 3.05) is 11.3 Å². The van der Waals surface area contributed by atoms with E-state index in [9.17, 15) is 22.0 Å². The number of benzene rings is 3. The van der Waals surface area contributed by atoms with E-state index in [1.807, 2.05) is 6.92 Å². The third-order valence-corrected chi connectivity index (χ3v) is 7.39. The van der Waals surface area contributed by atoms with Crippen LogP contribution in [-0.2, 0) is 10.0 Å². The van der Waals surface area contributed by atoms with Gasteiger partial charge in [0.05, 0.1) is 21.3 Å². The lowest BCUT2D eigenvalue weighted by Crippen LogP contribution is -2.29. The molecule has 0 saturated carbocycles. The van der Waals surface area contributed by atoms with Crippen LogP contribution in [0.2, 0.25) is 10.0 Å². The molecule has 0 radical (unpaired) electrons.